The number of carbonyl (C=O) groups excluding carboxylic acids is 1. The fraction of sp³-hybridized carbons (Fsp3) is 0.533. The van der Waals surface area contributed by atoms with Gasteiger partial charge in [-0.1, -0.05) is 28.9 Å². The minimum Gasteiger partial charge on any atom is -0.299 e. The number of hydrogen-bond donors (Lipinski definition) is 0. The first-order valence-electron chi connectivity index (χ1n) is 5.96. The highest BCUT2D eigenvalue weighted by Gasteiger charge is 1.91. The Balaban J connectivity index is 3.83. The maximum absolute atomic E-state index is 10.2. The molecule has 1 nitrogen and oxygen atoms in total. The van der Waals surface area contributed by atoms with Gasteiger partial charge in [0.1, 0.15) is 6.29 Å². The van der Waals surface area contributed by atoms with Crippen LogP contribution in [0.15, 0.2) is 34.9 Å². The quantitative estimate of drug-likeness (QED) is 0.348. The zero-order valence-electron chi connectivity index (χ0n) is 11.0. The summed E-state index contributed by atoms with van der Waals surface area (Å²) in [6, 6.07) is 0. The van der Waals surface area contributed by atoms with Crippen LogP contribution in [0, 0.1) is 0 Å². The molecule has 0 radical (unpaired) electrons. The van der Waals surface area contributed by atoms with Gasteiger partial charge >= 0.3 is 0 Å². The van der Waals surface area contributed by atoms with Crippen molar-refractivity contribution in [3.05, 3.63) is 34.9 Å². The molecule has 0 N–H and O–H groups in total. The summed E-state index contributed by atoms with van der Waals surface area (Å²) in [5.41, 5.74) is 3.98. The fourth-order valence-corrected chi connectivity index (χ4v) is 1.44. The second-order valence-electron chi connectivity index (χ2n) is 4.56. The highest BCUT2D eigenvalue weighted by atomic mass is 16.1. The van der Waals surface area contributed by atoms with Gasteiger partial charge in [-0.25, -0.2) is 0 Å². The van der Waals surface area contributed by atoms with Crippen LogP contribution in [0.3, 0.4) is 0 Å². The molecule has 0 unspecified atom stereocenters. The Morgan fingerprint density at radius 3 is 2.00 bits per heavy atom. The molecule has 0 saturated heterocycles. The van der Waals surface area contributed by atoms with Gasteiger partial charge in [-0.15, -0.1) is 0 Å². The van der Waals surface area contributed by atoms with Crippen molar-refractivity contribution in [2.75, 3.05) is 0 Å². The Kier molecular flexibility index (Phi) is 8.51. The molecule has 90 valence electrons. The van der Waals surface area contributed by atoms with Crippen LogP contribution >= 0.6 is 0 Å². The van der Waals surface area contributed by atoms with E-state index in [1.54, 1.807) is 6.08 Å². The van der Waals surface area contributed by atoms with E-state index in [9.17, 15) is 4.79 Å². The standard InChI is InChI=1S/C15H24O/c1-13(2)7-5-8-14(3)9-6-10-15(4)11-12-16/h7,9,11-12H,5-6,8,10H2,1-4H3/b14-9?,15-11+. The first-order chi connectivity index (χ1) is 7.56. The molecule has 0 saturated carbocycles. The number of allylic oxidation sites excluding steroid dienone is 6. The monoisotopic (exact) mass is 220 g/mol. The van der Waals surface area contributed by atoms with Crippen LogP contribution in [0.2, 0.25) is 0 Å². The van der Waals surface area contributed by atoms with Gasteiger partial charge in [-0.3, -0.25) is 4.79 Å². The Morgan fingerprint density at radius 1 is 0.875 bits per heavy atom. The highest BCUT2D eigenvalue weighted by molar-refractivity contribution is 5.65. The Morgan fingerprint density at radius 2 is 1.44 bits per heavy atom. The van der Waals surface area contributed by atoms with Crippen molar-refractivity contribution >= 4 is 6.29 Å². The summed E-state index contributed by atoms with van der Waals surface area (Å²) in [5.74, 6) is 0. The van der Waals surface area contributed by atoms with Gasteiger partial charge in [0.05, 0.1) is 0 Å². The van der Waals surface area contributed by atoms with Crippen molar-refractivity contribution in [3.8, 4) is 0 Å². The molecule has 0 rings (SSSR count). The molecule has 0 bridgehead atoms. The molecule has 0 aliphatic heterocycles. The van der Waals surface area contributed by atoms with Gasteiger partial charge in [0, 0.05) is 0 Å². The third-order valence-electron chi connectivity index (χ3n) is 2.48. The first-order valence-corrected chi connectivity index (χ1v) is 5.96. The zero-order valence-corrected chi connectivity index (χ0v) is 11.0. The molecule has 0 aromatic carbocycles. The third-order valence-corrected chi connectivity index (χ3v) is 2.48. The summed E-state index contributed by atoms with van der Waals surface area (Å²) < 4.78 is 0. The number of carbonyl (C=O) groups is 1. The van der Waals surface area contributed by atoms with Crippen LogP contribution in [0.25, 0.3) is 0 Å². The van der Waals surface area contributed by atoms with Gasteiger partial charge in [-0.2, -0.15) is 0 Å². The average Bonchev–Trinajstić information content (AvgIpc) is 2.17. The van der Waals surface area contributed by atoms with Crippen LogP contribution in [0.1, 0.15) is 53.4 Å². The van der Waals surface area contributed by atoms with E-state index in [1.165, 1.54) is 11.1 Å². The van der Waals surface area contributed by atoms with E-state index in [1.807, 2.05) is 6.92 Å². The van der Waals surface area contributed by atoms with E-state index in [-0.39, 0.29) is 0 Å². The summed E-state index contributed by atoms with van der Waals surface area (Å²) in [4.78, 5) is 10.2. The first kappa shape index (κ1) is 14.9. The third kappa shape index (κ3) is 9.45. The summed E-state index contributed by atoms with van der Waals surface area (Å²) in [7, 11) is 0. The van der Waals surface area contributed by atoms with Crippen LogP contribution in [-0.2, 0) is 4.79 Å². The van der Waals surface area contributed by atoms with E-state index < -0.39 is 0 Å². The second kappa shape index (κ2) is 9.14. The number of rotatable bonds is 7. The molecular weight excluding hydrogens is 196 g/mol. The van der Waals surface area contributed by atoms with Crippen molar-refractivity contribution < 1.29 is 4.79 Å². The minimum absolute atomic E-state index is 0.862. The smallest absolute Gasteiger partial charge is 0.142 e. The Hall–Kier alpha value is -1.11. The van der Waals surface area contributed by atoms with Crippen molar-refractivity contribution in [2.45, 2.75) is 53.4 Å². The van der Waals surface area contributed by atoms with Gasteiger partial charge in [0.25, 0.3) is 0 Å². The summed E-state index contributed by atoms with van der Waals surface area (Å²) in [5, 5.41) is 0. The zero-order chi connectivity index (χ0) is 12.4. The predicted molar refractivity (Wildman–Crippen MR) is 71.5 cm³/mol. The molecule has 0 aliphatic rings. The van der Waals surface area contributed by atoms with Crippen LogP contribution < -0.4 is 0 Å². The molecular formula is C15H24O. The summed E-state index contributed by atoms with van der Waals surface area (Å²) >= 11 is 0. The maximum Gasteiger partial charge on any atom is 0.142 e. The van der Waals surface area contributed by atoms with E-state index >= 15 is 0 Å². The van der Waals surface area contributed by atoms with E-state index in [0.717, 1.165) is 37.5 Å². The fourth-order valence-electron chi connectivity index (χ4n) is 1.44. The largest absolute Gasteiger partial charge is 0.299 e. The van der Waals surface area contributed by atoms with Crippen molar-refractivity contribution in [1.29, 1.82) is 0 Å². The summed E-state index contributed by atoms with van der Waals surface area (Å²) in [6.07, 6.45) is 11.4. The van der Waals surface area contributed by atoms with Crippen molar-refractivity contribution in [1.82, 2.24) is 0 Å². The molecule has 1 heteroatoms. The molecule has 0 fully saturated rings. The molecule has 0 aliphatic carbocycles. The second-order valence-corrected chi connectivity index (χ2v) is 4.56. The molecule has 0 spiro atoms. The normalized spacial score (nSPS) is 12.5. The van der Waals surface area contributed by atoms with E-state index in [0.29, 0.717) is 0 Å². The van der Waals surface area contributed by atoms with Gasteiger partial charge in [0.2, 0.25) is 0 Å². The lowest BCUT2D eigenvalue weighted by Crippen LogP contribution is -1.81. The van der Waals surface area contributed by atoms with Crippen LogP contribution in [-0.4, -0.2) is 6.29 Å². The molecule has 0 aromatic heterocycles. The predicted octanol–water partition coefficient (Wildman–Crippen LogP) is 4.60. The van der Waals surface area contributed by atoms with Gasteiger partial charge < -0.3 is 0 Å². The summed E-state index contributed by atoms with van der Waals surface area (Å²) in [6.45, 7) is 8.44. The van der Waals surface area contributed by atoms with Crippen LogP contribution in [0.5, 0.6) is 0 Å². The van der Waals surface area contributed by atoms with E-state index in [4.69, 9.17) is 0 Å². The molecule has 0 heterocycles. The van der Waals surface area contributed by atoms with Gasteiger partial charge in [0.15, 0.2) is 0 Å². The van der Waals surface area contributed by atoms with Crippen molar-refractivity contribution in [2.24, 2.45) is 0 Å². The van der Waals surface area contributed by atoms with Crippen LogP contribution in [0.4, 0.5) is 0 Å². The Bertz CT molecular complexity index is 289. The van der Waals surface area contributed by atoms with Crippen molar-refractivity contribution in [3.63, 3.8) is 0 Å². The highest BCUT2D eigenvalue weighted by Crippen LogP contribution is 2.10. The Labute approximate surface area is 99.9 Å². The number of aldehydes is 1. The SMILES string of the molecule is CC(C)=CCCC(C)=CCC/C(C)=C/C=O. The topological polar surface area (TPSA) is 17.1 Å². The van der Waals surface area contributed by atoms with E-state index in [2.05, 4.69) is 32.9 Å². The number of hydrogen-bond acceptors (Lipinski definition) is 1. The lowest BCUT2D eigenvalue weighted by molar-refractivity contribution is -0.104. The lowest BCUT2D eigenvalue weighted by Gasteiger charge is -2.00. The molecule has 16 heavy (non-hydrogen) atoms. The minimum atomic E-state index is 0.862. The van der Waals surface area contributed by atoms with Gasteiger partial charge in [-0.05, 0) is 59.5 Å². The average molecular weight is 220 g/mol. The molecule has 0 amide bonds. The molecule has 0 aromatic rings. The molecule has 0 atom stereocenters. The maximum atomic E-state index is 10.2. The lowest BCUT2D eigenvalue weighted by atomic mass is 10.1.